The Morgan fingerprint density at radius 2 is 2.05 bits per heavy atom. The van der Waals surface area contributed by atoms with Crippen LogP contribution in [0.2, 0.25) is 5.02 Å². The summed E-state index contributed by atoms with van der Waals surface area (Å²) in [6.45, 7) is 2.20. The van der Waals surface area contributed by atoms with E-state index in [1.54, 1.807) is 0 Å². The van der Waals surface area contributed by atoms with Gasteiger partial charge in [0.05, 0.1) is 0 Å². The lowest BCUT2D eigenvalue weighted by molar-refractivity contribution is 0.0863. The molecular formula is C16H23ClFN. The average molecular weight is 284 g/mol. The van der Waals surface area contributed by atoms with Gasteiger partial charge in [0.2, 0.25) is 0 Å². The molecule has 0 N–H and O–H groups in total. The molecule has 1 aliphatic rings. The third-order valence-electron chi connectivity index (χ3n) is 4.54. The number of likely N-dealkylation sites (N-methyl/N-ethyl adjacent to an activating group) is 1. The fourth-order valence-electron chi connectivity index (χ4n) is 3.54. The van der Waals surface area contributed by atoms with Crippen LogP contribution in [0.5, 0.6) is 0 Å². The summed E-state index contributed by atoms with van der Waals surface area (Å²) in [5.74, 6) is -0.143. The van der Waals surface area contributed by atoms with Crippen molar-refractivity contribution in [3.05, 3.63) is 34.6 Å². The third-order valence-corrected chi connectivity index (χ3v) is 4.77. The normalized spacial score (nSPS) is 19.3. The predicted octanol–water partition coefficient (Wildman–Crippen LogP) is 4.63. The lowest BCUT2D eigenvalue weighted by Crippen LogP contribution is -2.52. The van der Waals surface area contributed by atoms with Crippen LogP contribution in [0.25, 0.3) is 0 Å². The fourth-order valence-corrected chi connectivity index (χ4v) is 3.69. The zero-order valence-electron chi connectivity index (χ0n) is 12.0. The van der Waals surface area contributed by atoms with Gasteiger partial charge < -0.3 is 4.90 Å². The van der Waals surface area contributed by atoms with Gasteiger partial charge in [-0.1, -0.05) is 37.4 Å². The molecule has 0 amide bonds. The van der Waals surface area contributed by atoms with E-state index in [2.05, 4.69) is 25.9 Å². The van der Waals surface area contributed by atoms with Gasteiger partial charge in [0.15, 0.2) is 0 Å². The Balaban J connectivity index is 2.41. The standard InChI is InChI=1S/C16H23ClFN/c1-4-6-15(19(2)3)16(9-5-10-16)13-8-7-12(17)11-14(13)18/h7-8,11,15H,4-6,9-10H2,1-3H3. The Morgan fingerprint density at radius 3 is 2.47 bits per heavy atom. The number of halogens is 2. The summed E-state index contributed by atoms with van der Waals surface area (Å²) in [4.78, 5) is 2.26. The molecule has 1 aliphatic carbocycles. The molecule has 3 heteroatoms. The van der Waals surface area contributed by atoms with Gasteiger partial charge in [-0.3, -0.25) is 0 Å². The van der Waals surface area contributed by atoms with Crippen molar-refractivity contribution in [3.63, 3.8) is 0 Å². The molecule has 1 nitrogen and oxygen atoms in total. The minimum absolute atomic E-state index is 0.0197. The molecular weight excluding hydrogens is 261 g/mol. The molecule has 1 aromatic carbocycles. The van der Waals surface area contributed by atoms with Crippen molar-refractivity contribution < 1.29 is 4.39 Å². The van der Waals surface area contributed by atoms with E-state index in [-0.39, 0.29) is 11.2 Å². The van der Waals surface area contributed by atoms with Crippen LogP contribution in [0, 0.1) is 5.82 Å². The first-order valence-corrected chi connectivity index (χ1v) is 7.51. The second-order valence-corrected chi connectivity index (χ2v) is 6.34. The molecule has 0 radical (unpaired) electrons. The van der Waals surface area contributed by atoms with Gasteiger partial charge in [0.25, 0.3) is 0 Å². The van der Waals surface area contributed by atoms with Crippen LogP contribution in [-0.4, -0.2) is 25.0 Å². The highest BCUT2D eigenvalue weighted by Gasteiger charge is 2.47. The van der Waals surface area contributed by atoms with Gasteiger partial charge >= 0.3 is 0 Å². The molecule has 2 rings (SSSR count). The number of hydrogen-bond donors (Lipinski definition) is 0. The number of rotatable bonds is 5. The topological polar surface area (TPSA) is 3.24 Å². The van der Waals surface area contributed by atoms with Crippen molar-refractivity contribution >= 4 is 11.6 Å². The number of nitrogens with zero attached hydrogens (tertiary/aromatic N) is 1. The Kier molecular flexibility index (Phi) is 4.52. The van der Waals surface area contributed by atoms with Gasteiger partial charge in [-0.2, -0.15) is 0 Å². The van der Waals surface area contributed by atoms with Crippen molar-refractivity contribution in [2.75, 3.05) is 14.1 Å². The Hall–Kier alpha value is -0.600. The van der Waals surface area contributed by atoms with Gasteiger partial charge in [-0.15, -0.1) is 0 Å². The smallest absolute Gasteiger partial charge is 0.128 e. The largest absolute Gasteiger partial charge is 0.306 e. The first kappa shape index (κ1) is 14.8. The summed E-state index contributed by atoms with van der Waals surface area (Å²) >= 11 is 5.88. The van der Waals surface area contributed by atoms with E-state index in [1.807, 2.05) is 12.1 Å². The molecule has 1 atom stereocenters. The third kappa shape index (κ3) is 2.66. The zero-order valence-corrected chi connectivity index (χ0v) is 12.8. The first-order valence-electron chi connectivity index (χ1n) is 7.13. The summed E-state index contributed by atoms with van der Waals surface area (Å²) in [5.41, 5.74) is 0.837. The van der Waals surface area contributed by atoms with Crippen LogP contribution >= 0.6 is 11.6 Å². The Morgan fingerprint density at radius 1 is 1.37 bits per heavy atom. The molecule has 19 heavy (non-hydrogen) atoms. The van der Waals surface area contributed by atoms with E-state index in [9.17, 15) is 4.39 Å². The quantitative estimate of drug-likeness (QED) is 0.761. The summed E-state index contributed by atoms with van der Waals surface area (Å²) in [7, 11) is 4.21. The van der Waals surface area contributed by atoms with E-state index in [1.165, 1.54) is 12.5 Å². The van der Waals surface area contributed by atoms with Crippen molar-refractivity contribution in [1.82, 2.24) is 4.90 Å². The molecule has 106 valence electrons. The SMILES string of the molecule is CCCC(N(C)C)C1(c2ccc(Cl)cc2F)CCC1. The summed E-state index contributed by atoms with van der Waals surface area (Å²) in [6, 6.07) is 5.57. The molecule has 0 saturated heterocycles. The van der Waals surface area contributed by atoms with Crippen LogP contribution in [0.15, 0.2) is 18.2 Å². The maximum Gasteiger partial charge on any atom is 0.128 e. The molecule has 0 bridgehead atoms. The number of hydrogen-bond acceptors (Lipinski definition) is 1. The lowest BCUT2D eigenvalue weighted by atomic mass is 9.59. The van der Waals surface area contributed by atoms with Crippen LogP contribution in [0.4, 0.5) is 4.39 Å². The van der Waals surface area contributed by atoms with Crippen molar-refractivity contribution in [2.45, 2.75) is 50.5 Å². The second-order valence-electron chi connectivity index (χ2n) is 5.90. The highest BCUT2D eigenvalue weighted by atomic mass is 35.5. The summed E-state index contributed by atoms with van der Waals surface area (Å²) in [6.07, 6.45) is 5.58. The van der Waals surface area contributed by atoms with E-state index in [4.69, 9.17) is 11.6 Å². The highest BCUT2D eigenvalue weighted by Crippen LogP contribution is 2.49. The maximum atomic E-state index is 14.3. The van der Waals surface area contributed by atoms with Gasteiger partial charge in [-0.05, 0) is 51.1 Å². The van der Waals surface area contributed by atoms with Gasteiger partial charge in [-0.25, -0.2) is 4.39 Å². The van der Waals surface area contributed by atoms with E-state index in [0.29, 0.717) is 11.1 Å². The molecule has 1 aromatic rings. The van der Waals surface area contributed by atoms with Crippen LogP contribution in [0.1, 0.15) is 44.6 Å². The Labute approximate surface area is 120 Å². The number of benzene rings is 1. The minimum atomic E-state index is -0.143. The fraction of sp³-hybridized carbons (Fsp3) is 0.625. The average Bonchev–Trinajstić information content (AvgIpc) is 2.28. The lowest BCUT2D eigenvalue weighted by Gasteiger charge is -2.51. The molecule has 1 saturated carbocycles. The van der Waals surface area contributed by atoms with Crippen molar-refractivity contribution in [2.24, 2.45) is 0 Å². The van der Waals surface area contributed by atoms with E-state index < -0.39 is 0 Å². The predicted molar refractivity (Wildman–Crippen MR) is 79.3 cm³/mol. The van der Waals surface area contributed by atoms with Crippen molar-refractivity contribution in [1.29, 1.82) is 0 Å². The highest BCUT2D eigenvalue weighted by molar-refractivity contribution is 6.30. The summed E-state index contributed by atoms with van der Waals surface area (Å²) in [5, 5.41) is 0.479. The maximum absolute atomic E-state index is 14.3. The first-order chi connectivity index (χ1) is 9.01. The van der Waals surface area contributed by atoms with Gasteiger partial charge in [0, 0.05) is 16.5 Å². The monoisotopic (exact) mass is 283 g/mol. The van der Waals surface area contributed by atoms with Crippen LogP contribution in [-0.2, 0) is 5.41 Å². The minimum Gasteiger partial charge on any atom is -0.306 e. The zero-order chi connectivity index (χ0) is 14.0. The summed E-state index contributed by atoms with van der Waals surface area (Å²) < 4.78 is 14.3. The Bertz CT molecular complexity index is 440. The second kappa shape index (κ2) is 5.80. The van der Waals surface area contributed by atoms with Crippen LogP contribution < -0.4 is 0 Å². The molecule has 0 aliphatic heterocycles. The van der Waals surface area contributed by atoms with E-state index in [0.717, 1.165) is 31.2 Å². The molecule has 1 fully saturated rings. The van der Waals surface area contributed by atoms with Crippen LogP contribution in [0.3, 0.4) is 0 Å². The van der Waals surface area contributed by atoms with Crippen molar-refractivity contribution in [3.8, 4) is 0 Å². The molecule has 0 heterocycles. The van der Waals surface area contributed by atoms with E-state index >= 15 is 0 Å². The van der Waals surface area contributed by atoms with Gasteiger partial charge in [0.1, 0.15) is 5.82 Å². The molecule has 1 unspecified atom stereocenters. The molecule has 0 spiro atoms. The molecule has 0 aromatic heterocycles.